The van der Waals surface area contributed by atoms with Gasteiger partial charge < -0.3 is 10.5 Å². The SMILES string of the molecule is CCc1ccc(OCc2ccc(Br)cc2F)c(N)c1. The molecule has 0 heterocycles. The number of rotatable bonds is 4. The van der Waals surface area contributed by atoms with Gasteiger partial charge in [-0.2, -0.15) is 0 Å². The molecule has 0 atom stereocenters. The average Bonchev–Trinajstić information content (AvgIpc) is 2.39. The standard InChI is InChI=1S/C15H15BrFNO/c1-2-10-3-6-15(14(18)7-10)19-9-11-4-5-12(16)8-13(11)17/h3-8H,2,9,18H2,1H3. The molecule has 0 radical (unpaired) electrons. The molecule has 0 aromatic heterocycles. The second kappa shape index (κ2) is 6.06. The third kappa shape index (κ3) is 3.47. The van der Waals surface area contributed by atoms with Crippen molar-refractivity contribution in [1.82, 2.24) is 0 Å². The van der Waals surface area contributed by atoms with E-state index in [1.54, 1.807) is 12.1 Å². The first-order chi connectivity index (χ1) is 9.10. The Morgan fingerprint density at radius 1 is 1.21 bits per heavy atom. The van der Waals surface area contributed by atoms with E-state index in [2.05, 4.69) is 22.9 Å². The van der Waals surface area contributed by atoms with Crippen LogP contribution in [0.3, 0.4) is 0 Å². The Hall–Kier alpha value is -1.55. The fraction of sp³-hybridized carbons (Fsp3) is 0.200. The number of aryl methyl sites for hydroxylation is 1. The van der Waals surface area contributed by atoms with Crippen molar-refractivity contribution in [2.75, 3.05) is 5.73 Å². The molecule has 19 heavy (non-hydrogen) atoms. The van der Waals surface area contributed by atoms with Crippen molar-refractivity contribution in [2.45, 2.75) is 20.0 Å². The lowest BCUT2D eigenvalue weighted by atomic mass is 10.1. The van der Waals surface area contributed by atoms with E-state index < -0.39 is 0 Å². The predicted octanol–water partition coefficient (Wildman–Crippen LogP) is 4.31. The molecule has 0 saturated carbocycles. The molecule has 0 unspecified atom stereocenters. The first kappa shape index (κ1) is 13.9. The number of benzene rings is 2. The molecule has 2 rings (SSSR count). The van der Waals surface area contributed by atoms with Crippen molar-refractivity contribution in [3.63, 3.8) is 0 Å². The quantitative estimate of drug-likeness (QED) is 0.851. The second-order valence-electron chi connectivity index (χ2n) is 4.25. The van der Waals surface area contributed by atoms with E-state index in [-0.39, 0.29) is 12.4 Å². The second-order valence-corrected chi connectivity index (χ2v) is 5.17. The van der Waals surface area contributed by atoms with E-state index in [9.17, 15) is 4.39 Å². The summed E-state index contributed by atoms with van der Waals surface area (Å²) in [6, 6.07) is 10.6. The van der Waals surface area contributed by atoms with Crippen LogP contribution in [0.2, 0.25) is 0 Å². The van der Waals surface area contributed by atoms with Crippen LogP contribution in [-0.4, -0.2) is 0 Å². The lowest BCUT2D eigenvalue weighted by Crippen LogP contribution is -2.01. The topological polar surface area (TPSA) is 35.2 Å². The number of anilines is 1. The maximum Gasteiger partial charge on any atom is 0.142 e. The van der Waals surface area contributed by atoms with Gasteiger partial charge in [-0.25, -0.2) is 4.39 Å². The van der Waals surface area contributed by atoms with Gasteiger partial charge in [-0.05, 0) is 36.2 Å². The van der Waals surface area contributed by atoms with Crippen LogP contribution in [0.4, 0.5) is 10.1 Å². The van der Waals surface area contributed by atoms with Crippen molar-refractivity contribution in [3.8, 4) is 5.75 Å². The van der Waals surface area contributed by atoms with Crippen LogP contribution in [0.15, 0.2) is 40.9 Å². The lowest BCUT2D eigenvalue weighted by Gasteiger charge is -2.10. The summed E-state index contributed by atoms with van der Waals surface area (Å²) in [7, 11) is 0. The number of nitrogen functional groups attached to an aromatic ring is 1. The van der Waals surface area contributed by atoms with Gasteiger partial charge in [0.25, 0.3) is 0 Å². The maximum absolute atomic E-state index is 13.6. The van der Waals surface area contributed by atoms with Crippen LogP contribution >= 0.6 is 15.9 Å². The van der Waals surface area contributed by atoms with E-state index in [4.69, 9.17) is 10.5 Å². The molecule has 0 saturated heterocycles. The largest absolute Gasteiger partial charge is 0.487 e. The molecule has 0 fully saturated rings. The van der Waals surface area contributed by atoms with Crippen molar-refractivity contribution in [2.24, 2.45) is 0 Å². The molecule has 0 aliphatic rings. The van der Waals surface area contributed by atoms with Crippen molar-refractivity contribution in [1.29, 1.82) is 0 Å². The molecule has 0 aliphatic carbocycles. The molecule has 2 aromatic rings. The van der Waals surface area contributed by atoms with Gasteiger partial charge in [0.2, 0.25) is 0 Å². The molecule has 100 valence electrons. The number of hydrogen-bond donors (Lipinski definition) is 1. The normalized spacial score (nSPS) is 10.5. The monoisotopic (exact) mass is 323 g/mol. The van der Waals surface area contributed by atoms with Gasteiger partial charge in [-0.1, -0.05) is 35.0 Å². The zero-order chi connectivity index (χ0) is 13.8. The summed E-state index contributed by atoms with van der Waals surface area (Å²) < 4.78 is 19.9. The smallest absolute Gasteiger partial charge is 0.142 e. The van der Waals surface area contributed by atoms with Crippen LogP contribution in [0, 0.1) is 5.82 Å². The molecule has 2 aromatic carbocycles. The predicted molar refractivity (Wildman–Crippen MR) is 78.7 cm³/mol. The van der Waals surface area contributed by atoms with E-state index in [1.807, 2.05) is 18.2 Å². The van der Waals surface area contributed by atoms with Gasteiger partial charge >= 0.3 is 0 Å². The Labute approximate surface area is 120 Å². The van der Waals surface area contributed by atoms with Gasteiger partial charge in [0.15, 0.2) is 0 Å². The van der Waals surface area contributed by atoms with Crippen LogP contribution < -0.4 is 10.5 Å². The fourth-order valence-corrected chi connectivity index (χ4v) is 2.08. The summed E-state index contributed by atoms with van der Waals surface area (Å²) in [6.07, 6.45) is 0.922. The Balaban J connectivity index is 2.10. The van der Waals surface area contributed by atoms with E-state index in [0.29, 0.717) is 21.5 Å². The highest BCUT2D eigenvalue weighted by atomic mass is 79.9. The highest BCUT2D eigenvalue weighted by Crippen LogP contribution is 2.24. The summed E-state index contributed by atoms with van der Waals surface area (Å²) in [5.41, 5.74) is 8.13. The van der Waals surface area contributed by atoms with E-state index >= 15 is 0 Å². The van der Waals surface area contributed by atoms with Crippen LogP contribution in [-0.2, 0) is 13.0 Å². The van der Waals surface area contributed by atoms with E-state index in [1.165, 1.54) is 6.07 Å². The lowest BCUT2D eigenvalue weighted by molar-refractivity contribution is 0.301. The van der Waals surface area contributed by atoms with Crippen LogP contribution in [0.5, 0.6) is 5.75 Å². The zero-order valence-corrected chi connectivity index (χ0v) is 12.2. The summed E-state index contributed by atoms with van der Waals surface area (Å²) >= 11 is 3.22. The fourth-order valence-electron chi connectivity index (χ4n) is 1.74. The Bertz CT molecular complexity index is 586. The Morgan fingerprint density at radius 3 is 2.63 bits per heavy atom. The van der Waals surface area contributed by atoms with Crippen LogP contribution in [0.25, 0.3) is 0 Å². The molecular formula is C15H15BrFNO. The number of halogens is 2. The van der Waals surface area contributed by atoms with Crippen molar-refractivity contribution < 1.29 is 9.13 Å². The minimum atomic E-state index is -0.293. The Kier molecular flexibility index (Phi) is 4.43. The molecule has 0 amide bonds. The Morgan fingerprint density at radius 2 is 2.00 bits per heavy atom. The molecular weight excluding hydrogens is 309 g/mol. The summed E-state index contributed by atoms with van der Waals surface area (Å²) in [5, 5.41) is 0. The molecule has 0 bridgehead atoms. The van der Waals surface area contributed by atoms with Crippen molar-refractivity contribution >= 4 is 21.6 Å². The number of hydrogen-bond acceptors (Lipinski definition) is 2. The summed E-state index contributed by atoms with van der Waals surface area (Å²) in [6.45, 7) is 2.22. The average molecular weight is 324 g/mol. The first-order valence-electron chi connectivity index (χ1n) is 6.05. The zero-order valence-electron chi connectivity index (χ0n) is 10.6. The third-order valence-corrected chi connectivity index (χ3v) is 3.37. The third-order valence-electron chi connectivity index (χ3n) is 2.88. The number of ether oxygens (including phenoxy) is 1. The van der Waals surface area contributed by atoms with Gasteiger partial charge in [0, 0.05) is 10.0 Å². The minimum Gasteiger partial charge on any atom is -0.487 e. The molecule has 4 heteroatoms. The van der Waals surface area contributed by atoms with Crippen LogP contribution in [0.1, 0.15) is 18.1 Å². The maximum atomic E-state index is 13.6. The van der Waals surface area contributed by atoms with Gasteiger partial charge in [-0.3, -0.25) is 0 Å². The number of nitrogens with two attached hydrogens (primary N) is 1. The molecule has 2 N–H and O–H groups in total. The first-order valence-corrected chi connectivity index (χ1v) is 6.84. The van der Waals surface area contributed by atoms with Crippen molar-refractivity contribution in [3.05, 3.63) is 57.8 Å². The van der Waals surface area contributed by atoms with Gasteiger partial charge in [-0.15, -0.1) is 0 Å². The highest BCUT2D eigenvalue weighted by Gasteiger charge is 2.06. The van der Waals surface area contributed by atoms with E-state index in [0.717, 1.165) is 12.0 Å². The summed E-state index contributed by atoms with van der Waals surface area (Å²) in [4.78, 5) is 0. The minimum absolute atomic E-state index is 0.161. The van der Waals surface area contributed by atoms with Gasteiger partial charge in [0.1, 0.15) is 18.2 Å². The highest BCUT2D eigenvalue weighted by molar-refractivity contribution is 9.10. The molecule has 0 spiro atoms. The molecule has 2 nitrogen and oxygen atoms in total. The van der Waals surface area contributed by atoms with Gasteiger partial charge in [0.05, 0.1) is 5.69 Å². The molecule has 0 aliphatic heterocycles. The summed E-state index contributed by atoms with van der Waals surface area (Å²) in [5.74, 6) is 0.289.